The van der Waals surface area contributed by atoms with Gasteiger partial charge in [0.25, 0.3) is 0 Å². The van der Waals surface area contributed by atoms with Crippen LogP contribution in [0.2, 0.25) is 0 Å². The fourth-order valence-corrected chi connectivity index (χ4v) is 4.51. The van der Waals surface area contributed by atoms with Gasteiger partial charge in [-0.25, -0.2) is 14.4 Å². The Balaban J connectivity index is 1.85. The minimum atomic E-state index is -1.57. The monoisotopic (exact) mass is 674 g/mol. The summed E-state index contributed by atoms with van der Waals surface area (Å²) in [6, 6.07) is 14.7. The Morgan fingerprint density at radius 2 is 1.27 bits per heavy atom. The predicted octanol–water partition coefficient (Wildman–Crippen LogP) is 1.92. The van der Waals surface area contributed by atoms with Crippen LogP contribution < -0.4 is 10.6 Å². The minimum Gasteiger partial charge on any atom is -0.467 e. The number of ether oxygens (including phenoxy) is 8. The summed E-state index contributed by atoms with van der Waals surface area (Å²) in [5, 5.41) is 4.86. The molecule has 0 aliphatic carbocycles. The molecule has 48 heavy (non-hydrogen) atoms. The predicted molar refractivity (Wildman–Crippen MR) is 161 cm³/mol. The van der Waals surface area contributed by atoms with Crippen LogP contribution in [0.4, 0.5) is 9.59 Å². The number of esters is 4. The van der Waals surface area contributed by atoms with Gasteiger partial charge in [-0.05, 0) is 11.1 Å². The van der Waals surface area contributed by atoms with Crippen molar-refractivity contribution < 1.29 is 66.7 Å². The molecule has 0 radical (unpaired) electrons. The van der Waals surface area contributed by atoms with Crippen LogP contribution in [0.5, 0.6) is 0 Å². The maximum Gasteiger partial charge on any atom is 0.408 e. The SMILES string of the molecule is COC(=O)[C@H](CO[C@H]1O[C@@H](COC(C)=O)[C@H](OC(C)=O)[C@@H](OC(C)=O)[C@@H]1NC(=O)OCc1ccccc1)NC(=O)OCc1ccccc1. The van der Waals surface area contributed by atoms with Gasteiger partial charge >= 0.3 is 36.1 Å². The number of carbonyl (C=O) groups is 6. The Kier molecular flexibility index (Phi) is 14.6. The van der Waals surface area contributed by atoms with Gasteiger partial charge in [0.2, 0.25) is 0 Å². The van der Waals surface area contributed by atoms with Crippen molar-refractivity contribution in [3.8, 4) is 0 Å². The lowest BCUT2D eigenvalue weighted by Gasteiger charge is -2.44. The third kappa shape index (κ3) is 12.2. The van der Waals surface area contributed by atoms with E-state index < -0.39 is 86.0 Å². The van der Waals surface area contributed by atoms with E-state index in [0.717, 1.165) is 27.9 Å². The van der Waals surface area contributed by atoms with Crippen LogP contribution >= 0.6 is 0 Å². The molecular formula is C32H38N2O14. The molecule has 1 fully saturated rings. The van der Waals surface area contributed by atoms with Gasteiger partial charge in [0.05, 0.1) is 13.7 Å². The smallest absolute Gasteiger partial charge is 0.408 e. The zero-order valence-corrected chi connectivity index (χ0v) is 26.8. The molecule has 3 rings (SSSR count). The molecule has 1 aliphatic rings. The number of alkyl carbamates (subject to hydrolysis) is 2. The largest absolute Gasteiger partial charge is 0.467 e. The first-order valence-electron chi connectivity index (χ1n) is 14.7. The van der Waals surface area contributed by atoms with E-state index >= 15 is 0 Å². The molecule has 1 aliphatic heterocycles. The number of methoxy groups -OCH3 is 1. The van der Waals surface area contributed by atoms with E-state index in [1.54, 1.807) is 60.7 Å². The van der Waals surface area contributed by atoms with E-state index in [1.165, 1.54) is 0 Å². The molecule has 0 aromatic heterocycles. The summed E-state index contributed by atoms with van der Waals surface area (Å²) in [6.45, 7) is 1.99. The number of rotatable bonds is 14. The Hall–Kier alpha value is -5.22. The standard InChI is InChI=1S/C32H38N2O14/c1-19(35)42-18-25-27(46-20(2)36)28(47-21(3)37)26(34-32(40)45-16-23-13-9-6-10-14-23)30(48-25)43-17-24(29(38)41-4)33-31(39)44-15-22-11-7-5-8-12-22/h5-14,24-28,30H,15-18H2,1-4H3,(H,33,39)(H,34,40)/t24-,25-,26-,27-,28-,30-/m0/s1. The van der Waals surface area contributed by atoms with E-state index in [9.17, 15) is 28.8 Å². The lowest BCUT2D eigenvalue weighted by atomic mass is 9.96. The summed E-state index contributed by atoms with van der Waals surface area (Å²) in [5.41, 5.74) is 1.36. The molecule has 0 unspecified atom stereocenters. The second-order valence-electron chi connectivity index (χ2n) is 10.3. The van der Waals surface area contributed by atoms with Crippen LogP contribution in [0, 0.1) is 0 Å². The molecule has 16 heteroatoms. The van der Waals surface area contributed by atoms with Crippen molar-refractivity contribution in [1.82, 2.24) is 10.6 Å². The van der Waals surface area contributed by atoms with Gasteiger partial charge in [-0.1, -0.05) is 60.7 Å². The minimum absolute atomic E-state index is 0.0936. The van der Waals surface area contributed by atoms with E-state index in [0.29, 0.717) is 11.1 Å². The van der Waals surface area contributed by atoms with Crippen LogP contribution in [0.15, 0.2) is 60.7 Å². The first kappa shape index (κ1) is 37.2. The van der Waals surface area contributed by atoms with Crippen LogP contribution in [0.25, 0.3) is 0 Å². The van der Waals surface area contributed by atoms with E-state index in [2.05, 4.69) is 10.6 Å². The van der Waals surface area contributed by atoms with Crippen LogP contribution in [-0.2, 0) is 70.3 Å². The fraction of sp³-hybridized carbons (Fsp3) is 0.438. The Labute approximate surface area is 276 Å². The fourth-order valence-electron chi connectivity index (χ4n) is 4.51. The number of benzene rings is 2. The van der Waals surface area contributed by atoms with Crippen molar-refractivity contribution in [2.24, 2.45) is 0 Å². The van der Waals surface area contributed by atoms with Gasteiger partial charge < -0.3 is 48.5 Å². The molecule has 2 N–H and O–H groups in total. The number of hydrogen-bond donors (Lipinski definition) is 2. The van der Waals surface area contributed by atoms with Gasteiger partial charge in [-0.2, -0.15) is 0 Å². The Morgan fingerprint density at radius 1 is 0.729 bits per heavy atom. The molecule has 0 bridgehead atoms. The molecule has 16 nitrogen and oxygen atoms in total. The summed E-state index contributed by atoms with van der Waals surface area (Å²) in [4.78, 5) is 74.2. The summed E-state index contributed by atoms with van der Waals surface area (Å²) >= 11 is 0. The highest BCUT2D eigenvalue weighted by Gasteiger charge is 2.52. The molecule has 2 aromatic rings. The van der Waals surface area contributed by atoms with Gasteiger partial charge in [-0.15, -0.1) is 0 Å². The highest BCUT2D eigenvalue weighted by Crippen LogP contribution is 2.28. The third-order valence-electron chi connectivity index (χ3n) is 6.62. The highest BCUT2D eigenvalue weighted by molar-refractivity contribution is 5.81. The molecule has 1 heterocycles. The zero-order valence-electron chi connectivity index (χ0n) is 26.8. The van der Waals surface area contributed by atoms with E-state index in [1.807, 2.05) is 0 Å². The summed E-state index contributed by atoms with van der Waals surface area (Å²) in [5.74, 6) is -3.25. The van der Waals surface area contributed by atoms with E-state index in [-0.39, 0.29) is 13.2 Å². The number of amides is 2. The summed E-state index contributed by atoms with van der Waals surface area (Å²) < 4.78 is 43.2. The highest BCUT2D eigenvalue weighted by atomic mass is 16.7. The number of nitrogens with one attached hydrogen (secondary N) is 2. The lowest BCUT2D eigenvalue weighted by molar-refractivity contribution is -0.278. The number of hydrogen-bond acceptors (Lipinski definition) is 14. The third-order valence-corrected chi connectivity index (χ3v) is 6.62. The summed E-state index contributed by atoms with van der Waals surface area (Å²) in [7, 11) is 1.09. The molecule has 0 spiro atoms. The molecule has 2 aromatic carbocycles. The van der Waals surface area contributed by atoms with Crippen LogP contribution in [-0.4, -0.2) is 93.1 Å². The molecule has 260 valence electrons. The van der Waals surface area contributed by atoms with E-state index in [4.69, 9.17) is 37.9 Å². The van der Waals surface area contributed by atoms with Crippen molar-refractivity contribution in [2.75, 3.05) is 20.3 Å². The normalized spacial score (nSPS) is 20.6. The van der Waals surface area contributed by atoms with Crippen LogP contribution in [0.3, 0.4) is 0 Å². The maximum atomic E-state index is 13.0. The van der Waals surface area contributed by atoms with Crippen molar-refractivity contribution in [1.29, 1.82) is 0 Å². The van der Waals surface area contributed by atoms with Gasteiger partial charge in [0.15, 0.2) is 24.5 Å². The molecular weight excluding hydrogens is 636 g/mol. The zero-order chi connectivity index (χ0) is 35.1. The second kappa shape index (κ2) is 18.8. The van der Waals surface area contributed by atoms with Crippen molar-refractivity contribution in [3.05, 3.63) is 71.8 Å². The Bertz CT molecular complexity index is 1390. The molecule has 1 saturated heterocycles. The summed E-state index contributed by atoms with van der Waals surface area (Å²) in [6.07, 6.45) is -7.71. The van der Waals surface area contributed by atoms with Gasteiger partial charge in [0.1, 0.15) is 32.0 Å². The maximum absolute atomic E-state index is 13.0. The topological polar surface area (TPSA) is 200 Å². The lowest BCUT2D eigenvalue weighted by Crippen LogP contribution is -2.67. The molecule has 6 atom stereocenters. The van der Waals surface area contributed by atoms with Crippen LogP contribution in [0.1, 0.15) is 31.9 Å². The van der Waals surface area contributed by atoms with Crippen molar-refractivity contribution in [2.45, 2.75) is 70.7 Å². The number of carbonyl (C=O) groups excluding carboxylic acids is 6. The molecule has 0 saturated carbocycles. The van der Waals surface area contributed by atoms with Gasteiger partial charge in [0, 0.05) is 20.8 Å². The first-order valence-corrected chi connectivity index (χ1v) is 14.7. The first-order chi connectivity index (χ1) is 23.0. The van der Waals surface area contributed by atoms with Crippen molar-refractivity contribution in [3.63, 3.8) is 0 Å². The second-order valence-corrected chi connectivity index (χ2v) is 10.3. The van der Waals surface area contributed by atoms with Gasteiger partial charge in [-0.3, -0.25) is 14.4 Å². The average molecular weight is 675 g/mol. The Morgan fingerprint density at radius 3 is 1.79 bits per heavy atom. The van der Waals surface area contributed by atoms with Crippen molar-refractivity contribution >= 4 is 36.1 Å². The average Bonchev–Trinajstić information content (AvgIpc) is 3.06. The molecule has 2 amide bonds. The quantitative estimate of drug-likeness (QED) is 0.217.